The molecule has 1 spiro atoms. The monoisotopic (exact) mass is 588 g/mol. The van der Waals surface area contributed by atoms with E-state index in [0.717, 1.165) is 27.5 Å². The number of ether oxygens (including phenoxy) is 1. The number of hydrogen-bond acceptors (Lipinski definition) is 1. The van der Waals surface area contributed by atoms with Crippen LogP contribution in [0.3, 0.4) is 0 Å². The van der Waals surface area contributed by atoms with Crippen LogP contribution in [-0.4, -0.2) is 4.57 Å². The van der Waals surface area contributed by atoms with Crippen LogP contribution in [-0.2, 0) is 5.41 Å². The van der Waals surface area contributed by atoms with Crippen LogP contribution in [0.4, 0.5) is 0 Å². The van der Waals surface area contributed by atoms with Gasteiger partial charge in [-0.2, -0.15) is 0 Å². The van der Waals surface area contributed by atoms with Gasteiger partial charge in [0.25, 0.3) is 0 Å². The van der Waals surface area contributed by atoms with E-state index in [0.29, 0.717) is 5.56 Å². The maximum absolute atomic E-state index is 9.81. The summed E-state index contributed by atoms with van der Waals surface area (Å²) in [6.07, 6.45) is 0. The first-order valence-electron chi connectivity index (χ1n) is 21.8. The molecule has 45 heavy (non-hydrogen) atoms. The molecule has 7 aromatic carbocycles. The van der Waals surface area contributed by atoms with Crippen LogP contribution >= 0.6 is 0 Å². The Morgan fingerprint density at radius 1 is 0.511 bits per heavy atom. The lowest BCUT2D eigenvalue weighted by Gasteiger charge is -2.39. The summed E-state index contributed by atoms with van der Waals surface area (Å²) in [7, 11) is 0. The molecular weight excluding hydrogens is 546 g/mol. The van der Waals surface area contributed by atoms with Gasteiger partial charge in [-0.25, -0.2) is 0 Å². The lowest BCUT2D eigenvalue weighted by atomic mass is 9.66. The molecule has 1 aromatic heterocycles. The van der Waals surface area contributed by atoms with E-state index in [4.69, 9.17) is 17.1 Å². The minimum absolute atomic E-state index is 0.0833. The molecule has 2 aliphatic rings. The van der Waals surface area contributed by atoms with Gasteiger partial charge in [-0.1, -0.05) is 121 Å². The van der Waals surface area contributed by atoms with Crippen LogP contribution in [0.5, 0.6) is 11.5 Å². The highest BCUT2D eigenvalue weighted by Gasteiger charge is 2.50. The van der Waals surface area contributed by atoms with E-state index in [1.54, 1.807) is 12.1 Å². The Morgan fingerprint density at radius 2 is 1.16 bits per heavy atom. The van der Waals surface area contributed by atoms with Crippen molar-refractivity contribution in [3.05, 3.63) is 186 Å². The van der Waals surface area contributed by atoms with E-state index >= 15 is 0 Å². The van der Waals surface area contributed by atoms with Crippen LogP contribution < -0.4 is 4.74 Å². The molecule has 0 atom stereocenters. The fraction of sp³-hybridized carbons (Fsp3) is 0.0233. The van der Waals surface area contributed by atoms with Gasteiger partial charge in [-0.3, -0.25) is 0 Å². The van der Waals surface area contributed by atoms with Crippen molar-refractivity contribution in [1.29, 1.82) is 0 Å². The summed E-state index contributed by atoms with van der Waals surface area (Å²) in [5, 5.41) is 1.63. The molecule has 0 radical (unpaired) electrons. The van der Waals surface area contributed by atoms with Crippen LogP contribution in [0.1, 0.15) is 42.8 Å². The average molecular weight is 589 g/mol. The van der Waals surface area contributed by atoms with Gasteiger partial charge < -0.3 is 9.30 Å². The topological polar surface area (TPSA) is 14.2 Å². The third-order valence-corrected chi connectivity index (χ3v) is 8.74. The van der Waals surface area contributed by atoms with Crippen molar-refractivity contribution >= 4 is 21.8 Å². The number of rotatable bonds is 2. The molecule has 0 saturated carbocycles. The molecule has 0 bridgehead atoms. The highest BCUT2D eigenvalue weighted by molar-refractivity contribution is 6.10. The number of para-hydroxylation sites is 3. The zero-order valence-corrected chi connectivity index (χ0v) is 23.3. The number of benzene rings is 7. The molecule has 210 valence electrons. The quantitative estimate of drug-likeness (QED) is 0.196. The Labute approximate surface area is 282 Å². The smallest absolute Gasteiger partial charge is 0.132 e. The van der Waals surface area contributed by atoms with Crippen molar-refractivity contribution in [2.24, 2.45) is 0 Å². The lowest BCUT2D eigenvalue weighted by Crippen LogP contribution is -2.32. The molecule has 2 nitrogen and oxygen atoms in total. The Kier molecular flexibility index (Phi) is 2.88. The maximum atomic E-state index is 9.81. The van der Waals surface area contributed by atoms with Crippen LogP contribution in [0.15, 0.2) is 163 Å². The van der Waals surface area contributed by atoms with Crippen LogP contribution in [0, 0.1) is 0 Å². The Hall–Kier alpha value is -5.86. The molecule has 0 fully saturated rings. The molecule has 0 N–H and O–H groups in total. The van der Waals surface area contributed by atoms with E-state index in [1.807, 2.05) is 60.7 Å². The van der Waals surface area contributed by atoms with E-state index in [2.05, 4.69) is 4.57 Å². The highest BCUT2D eigenvalue weighted by Crippen LogP contribution is 2.62. The van der Waals surface area contributed by atoms with Crippen LogP contribution in [0.25, 0.3) is 49.7 Å². The third-order valence-electron chi connectivity index (χ3n) is 8.74. The molecule has 2 heterocycles. The summed E-state index contributed by atoms with van der Waals surface area (Å²) in [6, 6.07) is 12.2. The van der Waals surface area contributed by atoms with Gasteiger partial charge in [-0.15, -0.1) is 0 Å². The average Bonchev–Trinajstić information content (AvgIpc) is 3.75. The number of fused-ring (bicyclic) bond motifs is 12. The van der Waals surface area contributed by atoms with Crippen molar-refractivity contribution in [1.82, 2.24) is 4.57 Å². The predicted molar refractivity (Wildman–Crippen MR) is 184 cm³/mol. The largest absolute Gasteiger partial charge is 0.457 e. The first-order chi connectivity index (χ1) is 28.6. The number of hydrogen-bond donors (Lipinski definition) is 0. The Morgan fingerprint density at radius 3 is 1.96 bits per heavy atom. The molecule has 1 aliphatic heterocycles. The van der Waals surface area contributed by atoms with E-state index < -0.39 is 130 Å². The zero-order valence-electron chi connectivity index (χ0n) is 38.3. The summed E-state index contributed by atoms with van der Waals surface area (Å²) in [6.45, 7) is 0. The Balaban J connectivity index is 1.39. The van der Waals surface area contributed by atoms with Crippen LogP contribution in [0.2, 0.25) is 0 Å². The second-order valence-electron chi connectivity index (χ2n) is 10.9. The van der Waals surface area contributed by atoms with Gasteiger partial charge in [-0.05, 0) is 75.8 Å². The minimum Gasteiger partial charge on any atom is -0.457 e. The van der Waals surface area contributed by atoms with E-state index in [1.165, 1.54) is 0 Å². The summed E-state index contributed by atoms with van der Waals surface area (Å²) < 4.78 is 145. The first kappa shape index (κ1) is 14.3. The molecule has 0 amide bonds. The lowest BCUT2D eigenvalue weighted by molar-refractivity contribution is 0.436. The van der Waals surface area contributed by atoms with E-state index in [9.17, 15) is 8.22 Å². The molecule has 10 rings (SSSR count). The van der Waals surface area contributed by atoms with Crippen molar-refractivity contribution in [3.8, 4) is 39.4 Å². The Bertz CT molecular complexity index is 3240. The molecule has 1 aliphatic carbocycles. The van der Waals surface area contributed by atoms with Gasteiger partial charge in [0, 0.05) is 27.6 Å². The molecular formula is C43H27NO. The predicted octanol–water partition coefficient (Wildman–Crippen LogP) is 10.9. The summed E-state index contributed by atoms with van der Waals surface area (Å²) in [5.41, 5.74) is -2.16. The van der Waals surface area contributed by atoms with Crippen molar-refractivity contribution in [2.45, 2.75) is 5.41 Å². The second-order valence-corrected chi connectivity index (χ2v) is 10.9. The third kappa shape index (κ3) is 3.23. The van der Waals surface area contributed by atoms with E-state index in [-0.39, 0.29) is 16.7 Å². The number of aromatic nitrogens is 1. The molecule has 0 unspecified atom stereocenters. The standard InChI is InChI=1S/C43H27NO/c1-2-12-30(13-3-1)44-39-20-10-6-16-33(39)34-26-28(23-25-40(34)44)29-22-24-38-42(27-29)45-41-21-11-9-19-37(41)43(38)35-17-7-4-14-31(35)32-15-5-8-18-36(32)43/h1-27H/i4D,5D,7D,8D,9D,11D,14D,15D,17D,18D,19D,21D,22D,24D,27D. The fourth-order valence-corrected chi connectivity index (χ4v) is 6.91. The van der Waals surface area contributed by atoms with Gasteiger partial charge in [0.1, 0.15) is 11.5 Å². The normalized spacial score (nSPS) is 18.4. The van der Waals surface area contributed by atoms with Crippen molar-refractivity contribution in [2.75, 3.05) is 0 Å². The van der Waals surface area contributed by atoms with Gasteiger partial charge in [0.15, 0.2) is 0 Å². The van der Waals surface area contributed by atoms with Gasteiger partial charge >= 0.3 is 0 Å². The summed E-state index contributed by atoms with van der Waals surface area (Å²) >= 11 is 0. The van der Waals surface area contributed by atoms with Crippen molar-refractivity contribution in [3.63, 3.8) is 0 Å². The molecule has 2 heteroatoms. The van der Waals surface area contributed by atoms with Gasteiger partial charge in [0.2, 0.25) is 0 Å². The zero-order chi connectivity index (χ0) is 42.6. The SMILES string of the molecule is [2H]c1c([2H])c([2H])c2c(c1[2H])Oc1c([2H])c(-c3ccc4c(c3)c3ccccc3n4-c3ccccc3)c([2H])c([2H])c1C21c2c([2H])c([2H])c([2H])c([2H])c2-c2c([2H])c([2H])c([2H])c([2H])c21. The minimum atomic E-state index is -2.54. The van der Waals surface area contributed by atoms with Crippen molar-refractivity contribution < 1.29 is 25.3 Å². The first-order valence-corrected chi connectivity index (χ1v) is 14.3. The molecule has 0 saturated heterocycles. The summed E-state index contributed by atoms with van der Waals surface area (Å²) in [4.78, 5) is 0. The van der Waals surface area contributed by atoms with Gasteiger partial charge in [0.05, 0.1) is 37.0 Å². The number of nitrogens with zero attached hydrogens (tertiary/aromatic N) is 1. The second kappa shape index (κ2) is 9.07. The maximum Gasteiger partial charge on any atom is 0.132 e. The fourth-order valence-electron chi connectivity index (χ4n) is 6.91. The molecule has 8 aromatic rings. The summed E-state index contributed by atoms with van der Waals surface area (Å²) in [5.74, 6) is -1.04. The highest BCUT2D eigenvalue weighted by atomic mass is 16.5.